The molecular formula is C17H18BrNO2. The van der Waals surface area contributed by atoms with E-state index in [1.165, 1.54) is 0 Å². The molecule has 0 bridgehead atoms. The van der Waals surface area contributed by atoms with Gasteiger partial charge in [0.15, 0.2) is 0 Å². The first-order chi connectivity index (χ1) is 10.1. The van der Waals surface area contributed by atoms with Crippen molar-refractivity contribution in [1.82, 2.24) is 0 Å². The molecule has 2 aromatic rings. The summed E-state index contributed by atoms with van der Waals surface area (Å²) in [7, 11) is 0. The van der Waals surface area contributed by atoms with Crippen LogP contribution in [0.15, 0.2) is 53.0 Å². The summed E-state index contributed by atoms with van der Waals surface area (Å²) in [5, 5.41) is 3.37. The highest BCUT2D eigenvalue weighted by atomic mass is 79.9. The van der Waals surface area contributed by atoms with Crippen molar-refractivity contribution in [2.75, 3.05) is 11.9 Å². The summed E-state index contributed by atoms with van der Waals surface area (Å²) in [6.07, 6.45) is 0. The molecule has 110 valence electrons. The molecule has 2 aromatic carbocycles. The van der Waals surface area contributed by atoms with Gasteiger partial charge in [-0.1, -0.05) is 40.2 Å². The van der Waals surface area contributed by atoms with Crippen LogP contribution in [0.3, 0.4) is 0 Å². The van der Waals surface area contributed by atoms with Crippen molar-refractivity contribution in [2.45, 2.75) is 19.9 Å². The number of para-hydroxylation sites is 1. The summed E-state index contributed by atoms with van der Waals surface area (Å²) in [5.74, 6) is -0.302. The normalized spacial score (nSPS) is 11.8. The molecule has 0 aliphatic rings. The highest BCUT2D eigenvalue weighted by molar-refractivity contribution is 9.10. The Bertz CT molecular complexity index is 610. The SMILES string of the molecule is CCOC(=O)c1ccccc1NC(C)c1ccc(Br)cc1. The molecule has 0 heterocycles. The number of carbonyl (C=O) groups is 1. The number of carbonyl (C=O) groups excluding carboxylic acids is 1. The van der Waals surface area contributed by atoms with Crippen LogP contribution < -0.4 is 5.32 Å². The summed E-state index contributed by atoms with van der Waals surface area (Å²) in [6.45, 7) is 4.24. The lowest BCUT2D eigenvalue weighted by molar-refractivity contribution is 0.0527. The van der Waals surface area contributed by atoms with Crippen molar-refractivity contribution in [2.24, 2.45) is 0 Å². The van der Waals surface area contributed by atoms with E-state index in [2.05, 4.69) is 40.3 Å². The number of rotatable bonds is 5. The average Bonchev–Trinajstić information content (AvgIpc) is 2.48. The average molecular weight is 348 g/mol. The molecule has 21 heavy (non-hydrogen) atoms. The van der Waals surface area contributed by atoms with Crippen LogP contribution in [0, 0.1) is 0 Å². The van der Waals surface area contributed by atoms with Crippen molar-refractivity contribution >= 4 is 27.6 Å². The van der Waals surface area contributed by atoms with E-state index in [-0.39, 0.29) is 12.0 Å². The summed E-state index contributed by atoms with van der Waals surface area (Å²) >= 11 is 3.43. The van der Waals surface area contributed by atoms with Gasteiger partial charge in [0, 0.05) is 16.2 Å². The number of esters is 1. The molecule has 0 aliphatic carbocycles. The lowest BCUT2D eigenvalue weighted by atomic mass is 10.1. The topological polar surface area (TPSA) is 38.3 Å². The third-order valence-electron chi connectivity index (χ3n) is 3.16. The minimum Gasteiger partial charge on any atom is -0.462 e. The van der Waals surface area contributed by atoms with Crippen LogP contribution in [-0.2, 0) is 4.74 Å². The molecule has 0 saturated carbocycles. The summed E-state index contributed by atoms with van der Waals surface area (Å²) < 4.78 is 6.13. The van der Waals surface area contributed by atoms with Gasteiger partial charge in [0.1, 0.15) is 0 Å². The van der Waals surface area contributed by atoms with Crippen LogP contribution in [0.1, 0.15) is 35.8 Å². The van der Waals surface area contributed by atoms with Gasteiger partial charge in [-0.15, -0.1) is 0 Å². The Morgan fingerprint density at radius 1 is 1.19 bits per heavy atom. The lowest BCUT2D eigenvalue weighted by Gasteiger charge is -2.18. The Labute approximate surface area is 133 Å². The summed E-state index contributed by atoms with van der Waals surface area (Å²) in [5.41, 5.74) is 2.49. The van der Waals surface area contributed by atoms with E-state index in [0.29, 0.717) is 12.2 Å². The van der Waals surface area contributed by atoms with Crippen molar-refractivity contribution < 1.29 is 9.53 Å². The molecule has 1 N–H and O–H groups in total. The minimum absolute atomic E-state index is 0.0914. The quantitative estimate of drug-likeness (QED) is 0.789. The number of anilines is 1. The molecule has 0 spiro atoms. The largest absolute Gasteiger partial charge is 0.462 e. The fourth-order valence-electron chi connectivity index (χ4n) is 2.06. The number of halogens is 1. The molecule has 4 heteroatoms. The van der Waals surface area contributed by atoms with E-state index in [1.54, 1.807) is 13.0 Å². The second-order valence-electron chi connectivity index (χ2n) is 4.68. The molecule has 1 unspecified atom stereocenters. The monoisotopic (exact) mass is 347 g/mol. The molecule has 0 amide bonds. The highest BCUT2D eigenvalue weighted by Crippen LogP contribution is 2.24. The Hall–Kier alpha value is -1.81. The molecule has 0 saturated heterocycles. The maximum absolute atomic E-state index is 12.0. The molecule has 2 rings (SSSR count). The smallest absolute Gasteiger partial charge is 0.340 e. The van der Waals surface area contributed by atoms with Gasteiger partial charge in [-0.3, -0.25) is 0 Å². The third-order valence-corrected chi connectivity index (χ3v) is 3.69. The standard InChI is InChI=1S/C17H18BrNO2/c1-3-21-17(20)15-6-4-5-7-16(15)19-12(2)13-8-10-14(18)11-9-13/h4-12,19H,3H2,1-2H3. The molecular weight excluding hydrogens is 330 g/mol. The van der Waals surface area contributed by atoms with Gasteiger partial charge in [-0.25, -0.2) is 4.79 Å². The van der Waals surface area contributed by atoms with Crippen molar-refractivity contribution in [1.29, 1.82) is 0 Å². The Kier molecular flexibility index (Phi) is 5.39. The first-order valence-corrected chi connectivity index (χ1v) is 7.69. The minimum atomic E-state index is -0.302. The molecule has 0 aliphatic heterocycles. The van der Waals surface area contributed by atoms with Gasteiger partial charge >= 0.3 is 5.97 Å². The van der Waals surface area contributed by atoms with Crippen LogP contribution in [-0.4, -0.2) is 12.6 Å². The highest BCUT2D eigenvalue weighted by Gasteiger charge is 2.14. The summed E-state index contributed by atoms with van der Waals surface area (Å²) in [4.78, 5) is 12.0. The Morgan fingerprint density at radius 2 is 1.86 bits per heavy atom. The van der Waals surface area contributed by atoms with Gasteiger partial charge in [-0.2, -0.15) is 0 Å². The van der Waals surface area contributed by atoms with Gasteiger partial charge in [-0.05, 0) is 43.7 Å². The van der Waals surface area contributed by atoms with Gasteiger partial charge in [0.2, 0.25) is 0 Å². The van der Waals surface area contributed by atoms with E-state index in [1.807, 2.05) is 30.3 Å². The lowest BCUT2D eigenvalue weighted by Crippen LogP contribution is -2.12. The van der Waals surface area contributed by atoms with Crippen molar-refractivity contribution in [3.8, 4) is 0 Å². The molecule has 3 nitrogen and oxygen atoms in total. The van der Waals surface area contributed by atoms with Crippen LogP contribution in [0.25, 0.3) is 0 Å². The van der Waals surface area contributed by atoms with Crippen LogP contribution in [0.4, 0.5) is 5.69 Å². The van der Waals surface area contributed by atoms with Crippen molar-refractivity contribution in [3.63, 3.8) is 0 Å². The first-order valence-electron chi connectivity index (χ1n) is 6.90. The second-order valence-corrected chi connectivity index (χ2v) is 5.60. The molecule has 0 radical (unpaired) electrons. The maximum Gasteiger partial charge on any atom is 0.340 e. The zero-order valence-corrected chi connectivity index (χ0v) is 13.7. The molecule has 0 aromatic heterocycles. The first kappa shape index (κ1) is 15.6. The van der Waals surface area contributed by atoms with E-state index < -0.39 is 0 Å². The Balaban J connectivity index is 2.19. The fourth-order valence-corrected chi connectivity index (χ4v) is 2.33. The number of nitrogens with one attached hydrogen (secondary N) is 1. The molecule has 0 fully saturated rings. The number of ether oxygens (including phenoxy) is 1. The maximum atomic E-state index is 12.0. The van der Waals surface area contributed by atoms with Gasteiger partial charge in [0.25, 0.3) is 0 Å². The second kappa shape index (κ2) is 7.27. The third kappa shape index (κ3) is 4.08. The van der Waals surface area contributed by atoms with Crippen molar-refractivity contribution in [3.05, 3.63) is 64.1 Å². The van der Waals surface area contributed by atoms with E-state index >= 15 is 0 Å². The predicted molar refractivity (Wildman–Crippen MR) is 88.6 cm³/mol. The molecule has 1 atom stereocenters. The number of hydrogen-bond donors (Lipinski definition) is 1. The Morgan fingerprint density at radius 3 is 2.52 bits per heavy atom. The zero-order chi connectivity index (χ0) is 15.2. The summed E-state index contributed by atoms with van der Waals surface area (Å²) in [6, 6.07) is 15.6. The van der Waals surface area contributed by atoms with E-state index in [0.717, 1.165) is 15.7 Å². The predicted octanol–water partition coefficient (Wildman–Crippen LogP) is 4.80. The van der Waals surface area contributed by atoms with Crippen LogP contribution in [0.2, 0.25) is 0 Å². The van der Waals surface area contributed by atoms with E-state index in [9.17, 15) is 4.79 Å². The fraction of sp³-hybridized carbons (Fsp3) is 0.235. The van der Waals surface area contributed by atoms with E-state index in [4.69, 9.17) is 4.74 Å². The van der Waals surface area contributed by atoms with Crippen LogP contribution in [0.5, 0.6) is 0 Å². The zero-order valence-electron chi connectivity index (χ0n) is 12.1. The van der Waals surface area contributed by atoms with Gasteiger partial charge < -0.3 is 10.1 Å². The number of hydrogen-bond acceptors (Lipinski definition) is 3. The van der Waals surface area contributed by atoms with Crippen LogP contribution >= 0.6 is 15.9 Å². The number of benzene rings is 2. The van der Waals surface area contributed by atoms with Gasteiger partial charge in [0.05, 0.1) is 12.2 Å².